The molecule has 0 fully saturated rings. The fraction of sp³-hybridized carbons (Fsp3) is 0.222. The van der Waals surface area contributed by atoms with Crippen LogP contribution in [-0.4, -0.2) is 17.7 Å². The van der Waals surface area contributed by atoms with Crippen molar-refractivity contribution in [2.75, 3.05) is 6.54 Å². The van der Waals surface area contributed by atoms with E-state index in [0.29, 0.717) is 5.56 Å². The average Bonchev–Trinajstić information content (AvgIpc) is 2.15. The van der Waals surface area contributed by atoms with Gasteiger partial charge in [0.25, 0.3) is 0 Å². The van der Waals surface area contributed by atoms with Crippen molar-refractivity contribution in [3.8, 4) is 0 Å². The lowest BCUT2D eigenvalue weighted by molar-refractivity contribution is 0.193. The lowest BCUT2D eigenvalue weighted by Crippen LogP contribution is -2.30. The van der Waals surface area contributed by atoms with Crippen molar-refractivity contribution in [3.05, 3.63) is 35.6 Å². The van der Waals surface area contributed by atoms with Crippen molar-refractivity contribution >= 4 is 6.09 Å². The van der Waals surface area contributed by atoms with Gasteiger partial charge in [-0.15, -0.1) is 0 Å². The van der Waals surface area contributed by atoms with Crippen molar-refractivity contribution in [1.82, 2.24) is 5.32 Å². The first-order chi connectivity index (χ1) is 6.59. The molecule has 0 aliphatic rings. The monoisotopic (exact) mass is 198 g/mol. The van der Waals surface area contributed by atoms with Crippen molar-refractivity contribution in [2.24, 2.45) is 5.73 Å². The second-order valence-electron chi connectivity index (χ2n) is 2.84. The Bertz CT molecular complexity index is 313. The molecule has 0 spiro atoms. The molecule has 0 heterocycles. The van der Waals surface area contributed by atoms with Crippen LogP contribution >= 0.6 is 0 Å². The Morgan fingerprint density at radius 2 is 2.07 bits per heavy atom. The normalized spacial score (nSPS) is 12.1. The molecule has 0 aliphatic heterocycles. The number of benzene rings is 1. The number of hydrogen-bond donors (Lipinski definition) is 3. The molecule has 1 aromatic carbocycles. The summed E-state index contributed by atoms with van der Waals surface area (Å²) < 4.78 is 12.5. The molecule has 0 radical (unpaired) electrons. The van der Waals surface area contributed by atoms with E-state index in [0.717, 1.165) is 0 Å². The molecule has 0 unspecified atom stereocenters. The highest BCUT2D eigenvalue weighted by molar-refractivity contribution is 5.64. The van der Waals surface area contributed by atoms with E-state index >= 15 is 0 Å². The first-order valence-electron chi connectivity index (χ1n) is 4.07. The van der Waals surface area contributed by atoms with Gasteiger partial charge < -0.3 is 16.2 Å². The smallest absolute Gasteiger partial charge is 0.404 e. The van der Waals surface area contributed by atoms with Crippen molar-refractivity contribution in [3.63, 3.8) is 0 Å². The highest BCUT2D eigenvalue weighted by atomic mass is 19.1. The second-order valence-corrected chi connectivity index (χ2v) is 2.84. The van der Waals surface area contributed by atoms with E-state index in [1.165, 1.54) is 24.3 Å². The first kappa shape index (κ1) is 10.5. The zero-order valence-electron chi connectivity index (χ0n) is 7.40. The van der Waals surface area contributed by atoms with Crippen LogP contribution in [0.1, 0.15) is 11.6 Å². The Morgan fingerprint density at radius 1 is 1.50 bits per heavy atom. The molecule has 1 aromatic rings. The zero-order valence-corrected chi connectivity index (χ0v) is 7.40. The SMILES string of the molecule is N[C@H](CNC(=O)O)c1ccc(F)cc1. The molecule has 0 aliphatic carbocycles. The third-order valence-electron chi connectivity index (χ3n) is 1.77. The van der Waals surface area contributed by atoms with Gasteiger partial charge in [0.1, 0.15) is 5.82 Å². The summed E-state index contributed by atoms with van der Waals surface area (Å²) >= 11 is 0. The topological polar surface area (TPSA) is 75.3 Å². The lowest BCUT2D eigenvalue weighted by Gasteiger charge is -2.11. The van der Waals surface area contributed by atoms with Gasteiger partial charge in [0.15, 0.2) is 0 Å². The number of hydrogen-bond acceptors (Lipinski definition) is 2. The number of amides is 1. The van der Waals surface area contributed by atoms with Gasteiger partial charge in [-0.2, -0.15) is 0 Å². The van der Waals surface area contributed by atoms with Gasteiger partial charge in [0.2, 0.25) is 0 Å². The van der Waals surface area contributed by atoms with Gasteiger partial charge >= 0.3 is 6.09 Å². The van der Waals surface area contributed by atoms with E-state index < -0.39 is 12.1 Å². The molecule has 14 heavy (non-hydrogen) atoms. The largest absolute Gasteiger partial charge is 0.465 e. The molecule has 0 saturated heterocycles. The van der Waals surface area contributed by atoms with Crippen LogP contribution < -0.4 is 11.1 Å². The minimum atomic E-state index is -1.12. The quantitative estimate of drug-likeness (QED) is 0.680. The summed E-state index contributed by atoms with van der Waals surface area (Å²) in [6, 6.07) is 5.19. The molecule has 1 atom stereocenters. The summed E-state index contributed by atoms with van der Waals surface area (Å²) in [5, 5.41) is 10.5. The van der Waals surface area contributed by atoms with E-state index in [1.54, 1.807) is 0 Å². The van der Waals surface area contributed by atoms with E-state index in [4.69, 9.17) is 10.8 Å². The molecule has 4 nitrogen and oxygen atoms in total. The first-order valence-corrected chi connectivity index (χ1v) is 4.07. The summed E-state index contributed by atoms with van der Waals surface area (Å²) in [4.78, 5) is 10.2. The van der Waals surface area contributed by atoms with Gasteiger partial charge in [0, 0.05) is 12.6 Å². The van der Waals surface area contributed by atoms with Crippen LogP contribution in [0.3, 0.4) is 0 Å². The van der Waals surface area contributed by atoms with Crippen molar-refractivity contribution in [2.45, 2.75) is 6.04 Å². The Balaban J connectivity index is 2.56. The fourth-order valence-corrected chi connectivity index (χ4v) is 1.03. The summed E-state index contributed by atoms with van der Waals surface area (Å²) in [7, 11) is 0. The van der Waals surface area contributed by atoms with Crippen LogP contribution in [-0.2, 0) is 0 Å². The Labute approximate surface area is 80.5 Å². The number of halogens is 1. The predicted molar refractivity (Wildman–Crippen MR) is 49.4 cm³/mol. The molecule has 0 bridgehead atoms. The zero-order chi connectivity index (χ0) is 10.6. The van der Waals surface area contributed by atoms with E-state index in [1.807, 2.05) is 0 Å². The second kappa shape index (κ2) is 4.57. The average molecular weight is 198 g/mol. The van der Waals surface area contributed by atoms with Crippen molar-refractivity contribution in [1.29, 1.82) is 0 Å². The number of nitrogens with one attached hydrogen (secondary N) is 1. The summed E-state index contributed by atoms with van der Waals surface area (Å²) in [6.45, 7) is 0.112. The predicted octanol–water partition coefficient (Wildman–Crippen LogP) is 1.09. The van der Waals surface area contributed by atoms with Crippen LogP contribution in [0.2, 0.25) is 0 Å². The minimum absolute atomic E-state index is 0.112. The van der Waals surface area contributed by atoms with Gasteiger partial charge in [-0.1, -0.05) is 12.1 Å². The Morgan fingerprint density at radius 3 is 2.57 bits per heavy atom. The highest BCUT2D eigenvalue weighted by Crippen LogP contribution is 2.09. The molecular formula is C9H11FN2O2. The van der Waals surface area contributed by atoms with Gasteiger partial charge in [-0.3, -0.25) is 0 Å². The number of carbonyl (C=O) groups is 1. The lowest BCUT2D eigenvalue weighted by atomic mass is 10.1. The maximum Gasteiger partial charge on any atom is 0.404 e. The van der Waals surface area contributed by atoms with Crippen LogP contribution in [0.5, 0.6) is 0 Å². The molecular weight excluding hydrogens is 187 g/mol. The van der Waals surface area contributed by atoms with Crippen LogP contribution in [0.25, 0.3) is 0 Å². The van der Waals surface area contributed by atoms with Gasteiger partial charge in [-0.05, 0) is 17.7 Å². The molecule has 4 N–H and O–H groups in total. The van der Waals surface area contributed by atoms with Gasteiger partial charge in [0.05, 0.1) is 0 Å². The molecule has 5 heteroatoms. The van der Waals surface area contributed by atoms with Crippen molar-refractivity contribution < 1.29 is 14.3 Å². The fourth-order valence-electron chi connectivity index (χ4n) is 1.03. The third kappa shape index (κ3) is 3.02. The van der Waals surface area contributed by atoms with Gasteiger partial charge in [-0.25, -0.2) is 9.18 Å². The number of rotatable bonds is 3. The van der Waals surface area contributed by atoms with E-state index in [-0.39, 0.29) is 12.4 Å². The summed E-state index contributed by atoms with van der Waals surface area (Å²) in [5.74, 6) is -0.341. The molecule has 0 saturated carbocycles. The molecule has 1 rings (SSSR count). The standard InChI is InChI=1S/C9H11FN2O2/c10-7-3-1-6(2-4-7)8(11)5-12-9(13)14/h1-4,8,12H,5,11H2,(H,13,14)/t8-/m1/s1. The maximum absolute atomic E-state index is 12.5. The molecule has 0 aromatic heterocycles. The molecule has 1 amide bonds. The summed E-state index contributed by atoms with van der Waals surface area (Å²) in [6.07, 6.45) is -1.12. The molecule has 76 valence electrons. The summed E-state index contributed by atoms with van der Waals surface area (Å²) in [5.41, 5.74) is 6.34. The minimum Gasteiger partial charge on any atom is -0.465 e. The van der Waals surface area contributed by atoms with Crippen LogP contribution in [0.15, 0.2) is 24.3 Å². The maximum atomic E-state index is 12.5. The van der Waals surface area contributed by atoms with Crippen LogP contribution in [0, 0.1) is 5.82 Å². The van der Waals surface area contributed by atoms with Crippen LogP contribution in [0.4, 0.5) is 9.18 Å². The third-order valence-corrected chi connectivity index (χ3v) is 1.77. The number of carboxylic acid groups (broad SMARTS) is 1. The van der Waals surface area contributed by atoms with E-state index in [2.05, 4.69) is 5.32 Å². The number of nitrogens with two attached hydrogens (primary N) is 1. The highest BCUT2D eigenvalue weighted by Gasteiger charge is 2.06. The Hall–Kier alpha value is -1.62. The Kier molecular flexibility index (Phi) is 3.41. The van der Waals surface area contributed by atoms with E-state index in [9.17, 15) is 9.18 Å².